The third kappa shape index (κ3) is 3.54. The molecule has 2 rings (SSSR count). The molecular formula is C13H18N2O2. The lowest BCUT2D eigenvalue weighted by Gasteiger charge is -2.21. The molecule has 92 valence electrons. The van der Waals surface area contributed by atoms with Crippen LogP contribution in [-0.2, 0) is 11.3 Å². The van der Waals surface area contributed by atoms with Gasteiger partial charge in [-0.2, -0.15) is 0 Å². The van der Waals surface area contributed by atoms with Crippen molar-refractivity contribution < 1.29 is 9.90 Å². The number of benzene rings is 1. The Morgan fingerprint density at radius 3 is 2.88 bits per heavy atom. The van der Waals surface area contributed by atoms with E-state index < -0.39 is 5.97 Å². The summed E-state index contributed by atoms with van der Waals surface area (Å²) in [6.45, 7) is 3.78. The first-order valence-corrected chi connectivity index (χ1v) is 5.95. The van der Waals surface area contributed by atoms with Crippen molar-refractivity contribution in [3.8, 4) is 0 Å². The largest absolute Gasteiger partial charge is 0.481 e. The Morgan fingerprint density at radius 2 is 2.18 bits per heavy atom. The summed E-state index contributed by atoms with van der Waals surface area (Å²) in [4.78, 5) is 13.2. The number of aliphatic carboxylic acids is 1. The Hall–Kier alpha value is -1.39. The summed E-state index contributed by atoms with van der Waals surface area (Å²) < 4.78 is 0. The zero-order valence-electron chi connectivity index (χ0n) is 9.80. The average Bonchev–Trinajstić information content (AvgIpc) is 2.56. The first-order chi connectivity index (χ1) is 8.25. The minimum Gasteiger partial charge on any atom is -0.481 e. The van der Waals surface area contributed by atoms with Crippen LogP contribution >= 0.6 is 0 Å². The van der Waals surface area contributed by atoms with Crippen LogP contribution in [0.3, 0.4) is 0 Å². The topological polar surface area (TPSA) is 52.6 Å². The predicted molar refractivity (Wildman–Crippen MR) is 65.7 cm³/mol. The van der Waals surface area contributed by atoms with Crippen LogP contribution in [0.25, 0.3) is 0 Å². The maximum absolute atomic E-state index is 11.0. The first-order valence-electron chi connectivity index (χ1n) is 5.95. The molecule has 0 saturated carbocycles. The van der Waals surface area contributed by atoms with Crippen LogP contribution in [0.2, 0.25) is 0 Å². The van der Waals surface area contributed by atoms with Gasteiger partial charge < -0.3 is 10.4 Å². The van der Waals surface area contributed by atoms with Gasteiger partial charge in [0, 0.05) is 32.7 Å². The third-order valence-corrected chi connectivity index (χ3v) is 3.07. The summed E-state index contributed by atoms with van der Waals surface area (Å²) in [5.41, 5.74) is 1.23. The minimum absolute atomic E-state index is 0.304. The van der Waals surface area contributed by atoms with E-state index in [1.165, 1.54) is 5.56 Å². The van der Waals surface area contributed by atoms with Gasteiger partial charge in [0.15, 0.2) is 0 Å². The number of nitrogens with zero attached hydrogens (tertiary/aromatic N) is 1. The van der Waals surface area contributed by atoms with Crippen molar-refractivity contribution in [3.05, 3.63) is 35.9 Å². The molecule has 4 heteroatoms. The maximum atomic E-state index is 11.0. The lowest BCUT2D eigenvalue weighted by molar-refractivity contribution is -0.142. The van der Waals surface area contributed by atoms with E-state index in [0.717, 1.165) is 19.6 Å². The summed E-state index contributed by atoms with van der Waals surface area (Å²) in [5.74, 6) is -1.02. The van der Waals surface area contributed by atoms with Crippen LogP contribution in [-0.4, -0.2) is 42.2 Å². The summed E-state index contributed by atoms with van der Waals surface area (Å²) >= 11 is 0. The molecule has 2 N–H and O–H groups in total. The number of rotatable bonds is 3. The smallest absolute Gasteiger partial charge is 0.309 e. The number of carbonyl (C=O) groups is 1. The van der Waals surface area contributed by atoms with Crippen LogP contribution in [0, 0.1) is 5.92 Å². The molecule has 1 aliphatic heterocycles. The van der Waals surface area contributed by atoms with Crippen molar-refractivity contribution in [2.75, 3.05) is 26.2 Å². The highest BCUT2D eigenvalue weighted by Crippen LogP contribution is 2.09. The van der Waals surface area contributed by atoms with E-state index >= 15 is 0 Å². The fraction of sp³-hybridized carbons (Fsp3) is 0.462. The van der Waals surface area contributed by atoms with Gasteiger partial charge in [-0.25, -0.2) is 0 Å². The van der Waals surface area contributed by atoms with E-state index in [1.807, 2.05) is 18.2 Å². The van der Waals surface area contributed by atoms with Gasteiger partial charge in [-0.15, -0.1) is 0 Å². The highest BCUT2D eigenvalue weighted by molar-refractivity contribution is 5.70. The fourth-order valence-electron chi connectivity index (χ4n) is 2.13. The number of nitrogens with one attached hydrogen (secondary N) is 1. The van der Waals surface area contributed by atoms with E-state index in [1.54, 1.807) is 0 Å². The second kappa shape index (κ2) is 5.80. The second-order valence-electron chi connectivity index (χ2n) is 4.46. The third-order valence-electron chi connectivity index (χ3n) is 3.07. The molecule has 0 amide bonds. The Morgan fingerprint density at radius 1 is 1.41 bits per heavy atom. The molecule has 0 spiro atoms. The predicted octanol–water partition coefficient (Wildman–Crippen LogP) is 0.793. The van der Waals surface area contributed by atoms with Gasteiger partial charge in [0.1, 0.15) is 0 Å². The Labute approximate surface area is 101 Å². The monoisotopic (exact) mass is 234 g/mol. The van der Waals surface area contributed by atoms with Gasteiger partial charge in [0.2, 0.25) is 0 Å². The molecule has 0 aliphatic carbocycles. The van der Waals surface area contributed by atoms with E-state index in [0.29, 0.717) is 13.1 Å². The van der Waals surface area contributed by atoms with Gasteiger partial charge in [0.05, 0.1) is 5.92 Å². The SMILES string of the molecule is O=C(O)[C@@H]1CNCCN(Cc2ccccc2)C1. The number of carboxylic acids is 1. The normalized spacial score (nSPS) is 22.0. The Kier molecular flexibility index (Phi) is 4.12. The van der Waals surface area contributed by atoms with E-state index in [9.17, 15) is 4.79 Å². The molecule has 1 aliphatic rings. The number of hydrogen-bond donors (Lipinski definition) is 2. The summed E-state index contributed by atoms with van der Waals surface area (Å²) in [6, 6.07) is 10.2. The molecular weight excluding hydrogens is 216 g/mol. The Balaban J connectivity index is 1.97. The summed E-state index contributed by atoms with van der Waals surface area (Å²) in [7, 11) is 0. The molecule has 0 bridgehead atoms. The van der Waals surface area contributed by atoms with E-state index in [2.05, 4.69) is 22.3 Å². The standard InChI is InChI=1S/C13H18N2O2/c16-13(17)12-8-14-6-7-15(10-12)9-11-4-2-1-3-5-11/h1-5,12,14H,6-10H2,(H,16,17)/t12-/m1/s1. The van der Waals surface area contributed by atoms with Crippen LogP contribution in [0.4, 0.5) is 0 Å². The quantitative estimate of drug-likeness (QED) is 0.812. The molecule has 0 aromatic heterocycles. The molecule has 1 fully saturated rings. The molecule has 1 heterocycles. The summed E-state index contributed by atoms with van der Waals surface area (Å²) in [6.07, 6.45) is 0. The van der Waals surface area contributed by atoms with Crippen LogP contribution < -0.4 is 5.32 Å². The maximum Gasteiger partial charge on any atom is 0.309 e. The highest BCUT2D eigenvalue weighted by atomic mass is 16.4. The Bertz CT molecular complexity index is 367. The molecule has 4 nitrogen and oxygen atoms in total. The van der Waals surface area contributed by atoms with Crippen LogP contribution in [0.5, 0.6) is 0 Å². The van der Waals surface area contributed by atoms with Crippen molar-refractivity contribution in [2.45, 2.75) is 6.54 Å². The lowest BCUT2D eigenvalue weighted by atomic mass is 10.1. The molecule has 1 aromatic rings. The molecule has 1 atom stereocenters. The molecule has 1 aromatic carbocycles. The minimum atomic E-state index is -0.711. The van der Waals surface area contributed by atoms with E-state index in [-0.39, 0.29) is 5.92 Å². The van der Waals surface area contributed by atoms with Crippen molar-refractivity contribution in [1.29, 1.82) is 0 Å². The van der Waals surface area contributed by atoms with Gasteiger partial charge >= 0.3 is 5.97 Å². The molecule has 0 radical (unpaired) electrons. The van der Waals surface area contributed by atoms with Crippen molar-refractivity contribution in [2.24, 2.45) is 5.92 Å². The number of carboxylic acid groups (broad SMARTS) is 1. The van der Waals surface area contributed by atoms with Gasteiger partial charge in [-0.1, -0.05) is 30.3 Å². The lowest BCUT2D eigenvalue weighted by Crippen LogP contribution is -2.33. The van der Waals surface area contributed by atoms with E-state index in [4.69, 9.17) is 5.11 Å². The van der Waals surface area contributed by atoms with Crippen molar-refractivity contribution >= 4 is 5.97 Å². The van der Waals surface area contributed by atoms with Crippen molar-refractivity contribution in [1.82, 2.24) is 10.2 Å². The van der Waals surface area contributed by atoms with Crippen LogP contribution in [0.15, 0.2) is 30.3 Å². The zero-order valence-corrected chi connectivity index (χ0v) is 9.80. The first kappa shape index (κ1) is 12.1. The fourth-order valence-corrected chi connectivity index (χ4v) is 2.13. The molecule has 1 saturated heterocycles. The number of hydrogen-bond acceptors (Lipinski definition) is 3. The van der Waals surface area contributed by atoms with Gasteiger partial charge in [0.25, 0.3) is 0 Å². The average molecular weight is 234 g/mol. The zero-order chi connectivity index (χ0) is 12.1. The molecule has 17 heavy (non-hydrogen) atoms. The molecule has 0 unspecified atom stereocenters. The highest BCUT2D eigenvalue weighted by Gasteiger charge is 2.23. The summed E-state index contributed by atoms with van der Waals surface area (Å²) in [5, 5.41) is 12.3. The van der Waals surface area contributed by atoms with Crippen molar-refractivity contribution in [3.63, 3.8) is 0 Å². The van der Waals surface area contributed by atoms with Crippen LogP contribution in [0.1, 0.15) is 5.56 Å². The second-order valence-corrected chi connectivity index (χ2v) is 4.46. The van der Waals surface area contributed by atoms with Gasteiger partial charge in [-0.05, 0) is 5.56 Å². The van der Waals surface area contributed by atoms with Gasteiger partial charge in [-0.3, -0.25) is 9.69 Å².